The van der Waals surface area contributed by atoms with E-state index in [1.807, 2.05) is 16.7 Å². The number of fused-ring (bicyclic) bond motifs is 2. The summed E-state index contributed by atoms with van der Waals surface area (Å²) in [5.41, 5.74) is 1.95. The van der Waals surface area contributed by atoms with Gasteiger partial charge in [0.1, 0.15) is 18.8 Å². The lowest BCUT2D eigenvalue weighted by molar-refractivity contribution is -0.176. The first kappa shape index (κ1) is 52.9. The summed E-state index contributed by atoms with van der Waals surface area (Å²) in [5.74, 6) is -0.0595. The van der Waals surface area contributed by atoms with Crippen LogP contribution in [0, 0.1) is 22.7 Å². The van der Waals surface area contributed by atoms with Crippen LogP contribution in [0.15, 0.2) is 79.7 Å². The normalized spacial score (nSPS) is 18.0. The van der Waals surface area contributed by atoms with Crippen molar-refractivity contribution >= 4 is 52.1 Å². The van der Waals surface area contributed by atoms with Crippen LogP contribution in [-0.2, 0) is 32.4 Å². The van der Waals surface area contributed by atoms with Crippen LogP contribution in [0.25, 0.3) is 22.3 Å². The van der Waals surface area contributed by atoms with E-state index in [4.69, 9.17) is 64.2 Å². The van der Waals surface area contributed by atoms with Crippen molar-refractivity contribution in [1.29, 1.82) is 10.5 Å². The number of nitriles is 2. The van der Waals surface area contributed by atoms with Gasteiger partial charge in [0, 0.05) is 5.57 Å². The Balaban J connectivity index is 0.000000356. The molecule has 62 heavy (non-hydrogen) atoms. The maximum absolute atomic E-state index is 12.4. The molecule has 6 atom stereocenters. The molecule has 2 fully saturated rings. The Kier molecular flexibility index (Phi) is 26.9. The van der Waals surface area contributed by atoms with Gasteiger partial charge in [-0.3, -0.25) is 39.8 Å². The third kappa shape index (κ3) is 16.9. The van der Waals surface area contributed by atoms with Crippen molar-refractivity contribution in [3.63, 3.8) is 0 Å². The fraction of sp³-hybridized carbons (Fsp3) is 0.417. The Morgan fingerprint density at radius 2 is 1.47 bits per heavy atom. The van der Waals surface area contributed by atoms with E-state index in [2.05, 4.69) is 55.0 Å². The molecule has 2 aliphatic rings. The number of aliphatic hydroxyl groups excluding tert-OH is 1. The van der Waals surface area contributed by atoms with Gasteiger partial charge >= 0.3 is 0 Å². The van der Waals surface area contributed by atoms with Crippen LogP contribution in [-0.4, -0.2) is 116 Å². The van der Waals surface area contributed by atoms with Gasteiger partial charge in [-0.15, -0.1) is 6.58 Å². The molecule has 336 valence electrons. The van der Waals surface area contributed by atoms with E-state index < -0.39 is 0 Å². The number of hydrogen-bond donors (Lipinski definition) is 7. The number of imidazole rings is 2. The molecule has 24 nitrogen and oxygen atoms in total. The number of aliphatic hydroxyl groups is 1. The molecule has 1 amide bonds. The van der Waals surface area contributed by atoms with Crippen molar-refractivity contribution < 1.29 is 58.5 Å². The Hall–Kier alpha value is -5.27. The lowest BCUT2D eigenvalue weighted by Crippen LogP contribution is -2.16. The molecule has 0 aromatic carbocycles. The van der Waals surface area contributed by atoms with Gasteiger partial charge in [0.2, 0.25) is 0 Å². The number of aromatic amines is 1. The topological polar surface area (TPSA) is 340 Å². The van der Waals surface area contributed by atoms with Gasteiger partial charge in [-0.2, -0.15) is 10.5 Å². The van der Waals surface area contributed by atoms with Gasteiger partial charge < -0.3 is 43.0 Å². The van der Waals surface area contributed by atoms with E-state index in [0.717, 1.165) is 25.7 Å². The number of nitrogens with zero attached hydrogens (tertiary/aromatic N) is 9. The van der Waals surface area contributed by atoms with Crippen LogP contribution >= 0.6 is 18.1 Å². The Morgan fingerprint density at radius 1 is 0.871 bits per heavy atom. The minimum absolute atomic E-state index is 0.0111. The number of ether oxygens (including phenoxy) is 2. The number of H-pyrrole nitrogens is 1. The highest BCUT2D eigenvalue weighted by atomic mass is 31.1. The number of allylic oxidation sites excluding steroid dienone is 2. The van der Waals surface area contributed by atoms with E-state index in [-0.39, 0.29) is 60.8 Å². The second-order valence-corrected chi connectivity index (χ2v) is 13.5. The second-order valence-electron chi connectivity index (χ2n) is 12.0. The molecular formula is C36H49N11O13P2. The molecule has 6 unspecified atom stereocenters. The van der Waals surface area contributed by atoms with Gasteiger partial charge in [-0.25, -0.2) is 24.9 Å². The third-order valence-corrected chi connectivity index (χ3v) is 9.28. The van der Waals surface area contributed by atoms with E-state index in [0.29, 0.717) is 73.0 Å². The summed E-state index contributed by atoms with van der Waals surface area (Å²) in [6, 6.07) is 3.97. The summed E-state index contributed by atoms with van der Waals surface area (Å²) in [4.78, 5) is 47.3. The number of carbonyl (C=O) groups is 1. The van der Waals surface area contributed by atoms with Crippen LogP contribution in [0.3, 0.4) is 0 Å². The van der Waals surface area contributed by atoms with Crippen LogP contribution in [0.2, 0.25) is 0 Å². The maximum Gasteiger partial charge on any atom is 0.278 e. The first-order valence-electron chi connectivity index (χ1n) is 18.4. The lowest BCUT2D eigenvalue weighted by Gasteiger charge is -2.15. The fourth-order valence-corrected chi connectivity index (χ4v) is 6.37. The summed E-state index contributed by atoms with van der Waals surface area (Å²) in [7, 11) is -0.0914. The number of rotatable bonds is 19. The van der Waals surface area contributed by atoms with Gasteiger partial charge in [0.25, 0.3) is 11.5 Å². The highest BCUT2D eigenvalue weighted by molar-refractivity contribution is 7.26. The Morgan fingerprint density at radius 3 is 2.05 bits per heavy atom. The van der Waals surface area contributed by atoms with Gasteiger partial charge in [0.15, 0.2) is 46.2 Å². The predicted octanol–water partition coefficient (Wildman–Crippen LogP) is 4.65. The van der Waals surface area contributed by atoms with Crippen molar-refractivity contribution in [2.45, 2.75) is 63.2 Å². The molecule has 26 heteroatoms. The molecule has 0 spiro atoms. The number of nitrogens with one attached hydrogen (secondary N) is 2. The first-order chi connectivity index (χ1) is 30.4. The van der Waals surface area contributed by atoms with Crippen LogP contribution in [0.4, 0.5) is 5.82 Å². The minimum atomic E-state index is -0.364. The summed E-state index contributed by atoms with van der Waals surface area (Å²) in [6.07, 6.45) is 15.3. The molecule has 4 aromatic rings. The second kappa shape index (κ2) is 31.6. The highest BCUT2D eigenvalue weighted by Crippen LogP contribution is 2.33. The van der Waals surface area contributed by atoms with Gasteiger partial charge in [0.05, 0.1) is 89.2 Å². The third-order valence-electron chi connectivity index (χ3n) is 8.07. The number of amides is 1. The van der Waals surface area contributed by atoms with Crippen molar-refractivity contribution in [3.8, 4) is 12.1 Å². The molecule has 7 N–H and O–H groups in total. The molecule has 6 heterocycles. The van der Waals surface area contributed by atoms with Crippen molar-refractivity contribution in [1.82, 2.24) is 39.0 Å². The molecule has 4 aromatic heterocycles. The Bertz CT molecular complexity index is 2140. The van der Waals surface area contributed by atoms with Gasteiger partial charge in [-0.1, -0.05) is 37.5 Å². The average Bonchev–Trinajstić information content (AvgIpc) is 4.14. The molecule has 0 saturated carbocycles. The average molecular weight is 906 g/mol. The van der Waals surface area contributed by atoms with E-state index in [9.17, 15) is 9.59 Å². The number of anilines is 1. The van der Waals surface area contributed by atoms with Gasteiger partial charge in [-0.05, 0) is 25.7 Å². The minimum Gasteiger partial charge on any atom is -0.394 e. The molecule has 2 aliphatic heterocycles. The largest absolute Gasteiger partial charge is 0.394 e. The number of carbonyl (C=O) groups excluding carboxylic acids is 1. The smallest absolute Gasteiger partial charge is 0.278 e. The number of hydrogen-bond acceptors (Lipinski definition) is 20. The van der Waals surface area contributed by atoms with Crippen molar-refractivity contribution in [3.05, 3.63) is 85.3 Å². The molecule has 0 radical (unpaired) electrons. The zero-order valence-electron chi connectivity index (χ0n) is 33.4. The zero-order valence-corrected chi connectivity index (χ0v) is 35.4. The molecule has 6 rings (SSSR count). The van der Waals surface area contributed by atoms with E-state index >= 15 is 0 Å². The molecule has 0 aliphatic carbocycles. The van der Waals surface area contributed by atoms with Crippen molar-refractivity contribution in [2.75, 3.05) is 38.4 Å². The summed E-state index contributed by atoms with van der Waals surface area (Å²) in [5, 5.41) is 52.3. The summed E-state index contributed by atoms with van der Waals surface area (Å²) >= 11 is 0. The quantitative estimate of drug-likeness (QED) is 0.0128. The molecule has 2 saturated heterocycles. The van der Waals surface area contributed by atoms with Crippen LogP contribution in [0.1, 0.15) is 51.0 Å². The monoisotopic (exact) mass is 905 g/mol. The number of aromatic nitrogens is 8. The van der Waals surface area contributed by atoms with Crippen molar-refractivity contribution in [2.24, 2.45) is 0 Å². The van der Waals surface area contributed by atoms with E-state index in [1.54, 1.807) is 29.4 Å². The lowest BCUT2D eigenvalue weighted by atomic mass is 10.2. The SMILES string of the molecule is C=C/C=C(\C=C)C(=O)Nc1ncnc2c1ncn2C1CCC(COPOCCC#N)O1.C=CCOPOCCC#N.O=c1[nH]cnc2c1ncn2C1CCC(CO)O1.OO.OO. The van der Waals surface area contributed by atoms with E-state index in [1.165, 1.54) is 24.8 Å². The maximum atomic E-state index is 12.4. The van der Waals surface area contributed by atoms with Crippen LogP contribution in [0.5, 0.6) is 0 Å². The zero-order chi connectivity index (χ0) is 45.5. The summed E-state index contributed by atoms with van der Waals surface area (Å²) in [6.45, 7) is 12.4. The van der Waals surface area contributed by atoms with Crippen LogP contribution < -0.4 is 10.9 Å². The predicted molar refractivity (Wildman–Crippen MR) is 226 cm³/mol. The highest BCUT2D eigenvalue weighted by Gasteiger charge is 2.29. The Labute approximate surface area is 358 Å². The fourth-order valence-electron chi connectivity index (χ4n) is 5.39. The first-order valence-corrected chi connectivity index (χ1v) is 20.0. The summed E-state index contributed by atoms with van der Waals surface area (Å²) < 4.78 is 35.8. The molecular weight excluding hydrogens is 856 g/mol. The standard InChI is InChI=1S/C20H23N6O4P.C10H12N4O3.C6H10NO2P.2H2O2/c1-3-6-14(4-2)20(27)25-18-17-19(23-12-22-18)26(13-24-17)16-8-7-15(30-16)11-29-31-28-10-5-9-21;15-3-6-1-2-7(17-6)14-5-13-8-9(14)11-4-12-10(8)16;1-2-5-8-10-9-6-3-4-7;2*1-2/h3-4,6,12-13,15-16,31H,1-2,5,7-8,10-11H2,(H,22,23,25,27);4-7,15H,1-3H2,(H,11,12,16);2,10H,1,3,5-6H2;2*1-2H/b14-6+;;;;. The molecule has 0 bridgehead atoms.